The third-order valence-corrected chi connectivity index (χ3v) is 9.39. The second-order valence-corrected chi connectivity index (χ2v) is 12.8. The number of hydrogen-bond donors (Lipinski definition) is 0. The molecule has 0 aliphatic carbocycles. The van der Waals surface area contributed by atoms with Gasteiger partial charge in [0.1, 0.15) is 30.3 Å². The van der Waals surface area contributed by atoms with Gasteiger partial charge in [0, 0.05) is 49.8 Å². The molecule has 9 heteroatoms. The molecule has 2 atom stereocenters. The molecular weight excluding hydrogens is 570 g/mol. The summed E-state index contributed by atoms with van der Waals surface area (Å²) in [5.74, 6) is -3.89. The number of rotatable bonds is 9. The Morgan fingerprint density at radius 3 is 2.48 bits per heavy atom. The molecule has 1 spiro atoms. The molecule has 0 radical (unpaired) electrons. The summed E-state index contributed by atoms with van der Waals surface area (Å²) < 4.78 is 66.9. The first-order chi connectivity index (χ1) is 21.1. The smallest absolute Gasteiger partial charge is 0.257 e. The molecule has 2 fully saturated rings. The van der Waals surface area contributed by atoms with E-state index >= 15 is 8.78 Å². The van der Waals surface area contributed by atoms with Crippen molar-refractivity contribution in [3.05, 3.63) is 94.6 Å². The number of nitrogens with zero attached hydrogens (tertiary/aromatic N) is 3. The number of carbonyl (C=O) groups is 1. The van der Waals surface area contributed by atoms with Crippen LogP contribution in [0.3, 0.4) is 0 Å². The molecule has 3 aliphatic rings. The van der Waals surface area contributed by atoms with Crippen LogP contribution in [0.5, 0.6) is 5.75 Å². The van der Waals surface area contributed by atoms with E-state index in [1.165, 1.54) is 17.0 Å². The van der Waals surface area contributed by atoms with E-state index in [9.17, 15) is 13.6 Å². The summed E-state index contributed by atoms with van der Waals surface area (Å²) in [6, 6.07) is 16.8. The minimum Gasteiger partial charge on any atom is -0.489 e. The molecular formula is C35H39F4N3O2. The van der Waals surface area contributed by atoms with Crippen molar-refractivity contribution in [1.29, 1.82) is 0 Å². The van der Waals surface area contributed by atoms with Crippen molar-refractivity contribution < 1.29 is 27.1 Å². The molecule has 234 valence electrons. The Morgan fingerprint density at radius 2 is 1.75 bits per heavy atom. The van der Waals surface area contributed by atoms with Gasteiger partial charge in [-0.05, 0) is 73.2 Å². The number of fused-ring (bicyclic) bond motifs is 1. The van der Waals surface area contributed by atoms with Gasteiger partial charge in [0.15, 0.2) is 0 Å². The van der Waals surface area contributed by atoms with E-state index in [0.29, 0.717) is 49.7 Å². The molecule has 2 saturated heterocycles. The summed E-state index contributed by atoms with van der Waals surface area (Å²) >= 11 is 0. The fraction of sp³-hybridized carbons (Fsp3) is 0.457. The largest absolute Gasteiger partial charge is 0.489 e. The van der Waals surface area contributed by atoms with E-state index in [0.717, 1.165) is 56.7 Å². The average Bonchev–Trinajstić information content (AvgIpc) is 3.37. The van der Waals surface area contributed by atoms with E-state index in [4.69, 9.17) is 4.74 Å². The molecule has 2 unspecified atom stereocenters. The lowest BCUT2D eigenvalue weighted by Gasteiger charge is -2.42. The number of halogens is 4. The Morgan fingerprint density at radius 1 is 0.977 bits per heavy atom. The summed E-state index contributed by atoms with van der Waals surface area (Å²) in [6.45, 7) is 4.19. The normalized spacial score (nSPS) is 22.8. The van der Waals surface area contributed by atoms with Crippen LogP contribution in [-0.2, 0) is 17.8 Å². The zero-order valence-corrected chi connectivity index (χ0v) is 25.1. The number of carbonyl (C=O) groups excluding carboxylic acids is 1. The molecule has 3 aromatic rings. The van der Waals surface area contributed by atoms with E-state index in [-0.39, 0.29) is 17.5 Å². The fourth-order valence-electron chi connectivity index (χ4n) is 7.42. The van der Waals surface area contributed by atoms with Crippen LogP contribution in [0.2, 0.25) is 0 Å². The van der Waals surface area contributed by atoms with Crippen LogP contribution in [0.4, 0.5) is 23.2 Å². The van der Waals surface area contributed by atoms with E-state index < -0.39 is 30.1 Å². The lowest BCUT2D eigenvalue weighted by atomic mass is 9.79. The summed E-state index contributed by atoms with van der Waals surface area (Å²) in [7, 11) is 0. The number of aldehydes is 1. The number of ether oxygens (including phenoxy) is 1. The Bertz CT molecular complexity index is 1460. The lowest BCUT2D eigenvalue weighted by molar-refractivity contribution is -0.108. The first-order valence-electron chi connectivity index (χ1n) is 15.4. The lowest BCUT2D eigenvalue weighted by Crippen LogP contribution is -2.45. The monoisotopic (exact) mass is 609 g/mol. The number of hydrogen-bond acceptors (Lipinski definition) is 5. The van der Waals surface area contributed by atoms with Gasteiger partial charge >= 0.3 is 0 Å². The molecule has 44 heavy (non-hydrogen) atoms. The van der Waals surface area contributed by atoms with Gasteiger partial charge in [0.25, 0.3) is 5.92 Å². The standard InChI is InChI=1S/C35H39F4N3O2/c1-34(38,39)22-42-14-10-26-18-28(44-21-25-6-3-2-4-7-25)8-9-29(26)33(42)32-30(36)19-27(20-31(32)37)41-13-5-11-35(24-41)12-15-40(23-35)16-17-43/h2-4,6-9,17-20,33H,5,10-16,21-24H2,1H3. The predicted octanol–water partition coefficient (Wildman–Crippen LogP) is 6.64. The average molecular weight is 610 g/mol. The molecule has 0 N–H and O–H groups in total. The van der Waals surface area contributed by atoms with Crippen molar-refractivity contribution in [1.82, 2.24) is 9.80 Å². The number of benzene rings is 3. The maximum atomic E-state index is 16.1. The number of piperidine rings is 1. The van der Waals surface area contributed by atoms with E-state index in [1.807, 2.05) is 41.3 Å². The third kappa shape index (κ3) is 6.64. The number of alkyl halides is 2. The van der Waals surface area contributed by atoms with Gasteiger partial charge in [0.2, 0.25) is 0 Å². The molecule has 0 aromatic heterocycles. The molecule has 5 nitrogen and oxygen atoms in total. The van der Waals surface area contributed by atoms with Crippen molar-refractivity contribution in [2.75, 3.05) is 50.7 Å². The number of anilines is 1. The molecule has 3 aliphatic heterocycles. The van der Waals surface area contributed by atoms with Crippen LogP contribution in [0.15, 0.2) is 60.7 Å². The highest BCUT2D eigenvalue weighted by atomic mass is 19.3. The summed E-state index contributed by atoms with van der Waals surface area (Å²) in [6.07, 6.45) is 4.23. The Hall–Kier alpha value is -3.43. The maximum absolute atomic E-state index is 16.1. The second-order valence-electron chi connectivity index (χ2n) is 12.8. The van der Waals surface area contributed by atoms with Gasteiger partial charge < -0.3 is 14.4 Å². The highest BCUT2D eigenvalue weighted by Crippen LogP contribution is 2.43. The van der Waals surface area contributed by atoms with Crippen LogP contribution in [0.1, 0.15) is 54.5 Å². The van der Waals surface area contributed by atoms with E-state index in [2.05, 4.69) is 4.90 Å². The Labute approximate surface area is 256 Å². The molecule has 0 saturated carbocycles. The van der Waals surface area contributed by atoms with Crippen molar-refractivity contribution >= 4 is 12.0 Å². The number of likely N-dealkylation sites (tertiary alicyclic amines) is 1. The molecule has 0 bridgehead atoms. The third-order valence-electron chi connectivity index (χ3n) is 9.39. The van der Waals surface area contributed by atoms with Crippen molar-refractivity contribution in [2.45, 2.75) is 51.2 Å². The predicted molar refractivity (Wildman–Crippen MR) is 162 cm³/mol. The maximum Gasteiger partial charge on any atom is 0.257 e. The summed E-state index contributed by atoms with van der Waals surface area (Å²) in [4.78, 5) is 16.7. The van der Waals surface area contributed by atoms with Gasteiger partial charge in [-0.3, -0.25) is 9.80 Å². The molecule has 6 rings (SSSR count). The van der Waals surface area contributed by atoms with Crippen LogP contribution in [0.25, 0.3) is 0 Å². The van der Waals surface area contributed by atoms with Gasteiger partial charge in [-0.2, -0.15) is 0 Å². The van der Waals surface area contributed by atoms with Crippen LogP contribution < -0.4 is 9.64 Å². The zero-order valence-electron chi connectivity index (χ0n) is 25.1. The van der Waals surface area contributed by atoms with E-state index in [1.54, 1.807) is 12.1 Å². The summed E-state index contributed by atoms with van der Waals surface area (Å²) in [5, 5.41) is 0. The SMILES string of the molecule is CC(F)(F)CN1CCc2cc(OCc3ccccc3)ccc2C1c1c(F)cc(N2CCCC3(CCN(CC=O)C3)C2)cc1F. The molecule has 0 amide bonds. The first-order valence-corrected chi connectivity index (χ1v) is 15.4. The van der Waals surface area contributed by atoms with Gasteiger partial charge in [-0.25, -0.2) is 17.6 Å². The molecule has 3 aromatic carbocycles. The van der Waals surface area contributed by atoms with Gasteiger partial charge in [-0.1, -0.05) is 36.4 Å². The Kier molecular flexibility index (Phi) is 8.70. The second kappa shape index (κ2) is 12.5. The van der Waals surface area contributed by atoms with Crippen LogP contribution in [0, 0.1) is 17.0 Å². The van der Waals surface area contributed by atoms with Gasteiger partial charge in [0.05, 0.1) is 19.1 Å². The van der Waals surface area contributed by atoms with Gasteiger partial charge in [-0.15, -0.1) is 0 Å². The zero-order chi connectivity index (χ0) is 30.9. The molecule has 3 heterocycles. The topological polar surface area (TPSA) is 36.0 Å². The minimum absolute atomic E-state index is 0.0149. The highest BCUT2D eigenvalue weighted by Gasteiger charge is 2.42. The van der Waals surface area contributed by atoms with Crippen molar-refractivity contribution in [3.8, 4) is 5.75 Å². The van der Waals surface area contributed by atoms with Crippen LogP contribution in [-0.4, -0.2) is 67.8 Å². The minimum atomic E-state index is -3.04. The van der Waals surface area contributed by atoms with Crippen molar-refractivity contribution in [2.24, 2.45) is 5.41 Å². The summed E-state index contributed by atoms with van der Waals surface area (Å²) in [5.41, 5.74) is 2.69. The van der Waals surface area contributed by atoms with Crippen LogP contribution >= 0.6 is 0 Å². The fourth-order valence-corrected chi connectivity index (χ4v) is 7.42. The van der Waals surface area contributed by atoms with Crippen molar-refractivity contribution in [3.63, 3.8) is 0 Å². The first kappa shape index (κ1) is 30.6. The highest BCUT2D eigenvalue weighted by molar-refractivity contribution is 5.53. The quantitative estimate of drug-likeness (QED) is 0.201. The Balaban J connectivity index is 1.29.